The van der Waals surface area contributed by atoms with E-state index in [2.05, 4.69) is 31.4 Å². The molecular weight excluding hydrogens is 226 g/mol. The summed E-state index contributed by atoms with van der Waals surface area (Å²) in [5.41, 5.74) is 2.05. The van der Waals surface area contributed by atoms with Crippen molar-refractivity contribution < 1.29 is 4.79 Å². The van der Waals surface area contributed by atoms with Gasteiger partial charge in [-0.05, 0) is 37.1 Å². The van der Waals surface area contributed by atoms with Gasteiger partial charge in [0.05, 0.1) is 0 Å². The molecule has 4 heteroatoms. The molecule has 2 rings (SSSR count). The number of carbonyl (C=O) groups is 1. The van der Waals surface area contributed by atoms with Gasteiger partial charge in [0, 0.05) is 30.5 Å². The van der Waals surface area contributed by atoms with Crippen molar-refractivity contribution in [2.24, 2.45) is 5.92 Å². The molecule has 2 N–H and O–H groups in total. The van der Waals surface area contributed by atoms with E-state index in [9.17, 15) is 4.79 Å². The van der Waals surface area contributed by atoms with Crippen LogP contribution in [-0.4, -0.2) is 25.2 Å². The molecule has 0 aliphatic carbocycles. The molecule has 4 nitrogen and oxygen atoms in total. The quantitative estimate of drug-likeness (QED) is 0.859. The van der Waals surface area contributed by atoms with E-state index in [4.69, 9.17) is 0 Å². The fraction of sp³-hybridized carbons (Fsp3) is 0.500. The Morgan fingerprint density at radius 2 is 1.89 bits per heavy atom. The molecule has 0 aromatic heterocycles. The maximum Gasteiger partial charge on any atom is 0.321 e. The predicted octanol–water partition coefficient (Wildman–Crippen LogP) is 2.67. The summed E-state index contributed by atoms with van der Waals surface area (Å²) in [5, 5.41) is 6.25. The lowest BCUT2D eigenvalue weighted by Crippen LogP contribution is -2.27. The minimum atomic E-state index is -0.00809. The fourth-order valence-electron chi connectivity index (χ4n) is 1.89. The van der Waals surface area contributed by atoms with Crippen LogP contribution in [0.25, 0.3) is 0 Å². The van der Waals surface area contributed by atoms with Gasteiger partial charge in [0.15, 0.2) is 0 Å². The number of carbonyl (C=O) groups excluding carboxylic acids is 1. The van der Waals surface area contributed by atoms with Gasteiger partial charge in [0.2, 0.25) is 0 Å². The fourth-order valence-corrected chi connectivity index (χ4v) is 1.89. The molecule has 0 spiro atoms. The lowest BCUT2D eigenvalue weighted by molar-refractivity contribution is 0.252. The summed E-state index contributed by atoms with van der Waals surface area (Å²) >= 11 is 0. The Morgan fingerprint density at radius 3 is 2.39 bits per heavy atom. The van der Waals surface area contributed by atoms with Crippen molar-refractivity contribution in [3.63, 3.8) is 0 Å². The second kappa shape index (κ2) is 5.29. The Labute approximate surface area is 108 Å². The third kappa shape index (κ3) is 2.75. The summed E-state index contributed by atoms with van der Waals surface area (Å²) < 4.78 is 0. The number of hydrogen-bond donors (Lipinski definition) is 2. The van der Waals surface area contributed by atoms with Crippen molar-refractivity contribution >= 4 is 17.4 Å². The molecule has 1 heterocycles. The third-order valence-corrected chi connectivity index (χ3v) is 3.43. The van der Waals surface area contributed by atoms with E-state index in [0.29, 0.717) is 12.0 Å². The first kappa shape index (κ1) is 12.7. The molecule has 1 atom stereocenters. The molecule has 1 aliphatic rings. The number of rotatable bonds is 4. The molecule has 0 bridgehead atoms. The van der Waals surface area contributed by atoms with Crippen LogP contribution in [-0.2, 0) is 0 Å². The number of anilines is 2. The molecule has 1 unspecified atom stereocenters. The van der Waals surface area contributed by atoms with Gasteiger partial charge in [0.25, 0.3) is 0 Å². The highest BCUT2D eigenvalue weighted by molar-refractivity contribution is 5.94. The number of urea groups is 1. The zero-order valence-corrected chi connectivity index (χ0v) is 11.2. The standard InChI is InChI=1S/C14H21N3O/c1-10(2)11(3)16-12-4-6-13(7-5-12)17-9-8-15-14(17)18/h4-7,10-11,16H,8-9H2,1-3H3,(H,15,18). The molecule has 0 radical (unpaired) electrons. The number of amides is 2. The average Bonchev–Trinajstić information content (AvgIpc) is 2.76. The zero-order valence-electron chi connectivity index (χ0n) is 11.2. The van der Waals surface area contributed by atoms with Crippen LogP contribution >= 0.6 is 0 Å². The molecule has 1 aromatic carbocycles. The van der Waals surface area contributed by atoms with E-state index in [1.54, 1.807) is 4.90 Å². The maximum absolute atomic E-state index is 11.5. The summed E-state index contributed by atoms with van der Waals surface area (Å²) in [6.45, 7) is 8.03. The molecule has 1 aliphatic heterocycles. The molecule has 2 amide bonds. The first-order valence-corrected chi connectivity index (χ1v) is 6.50. The lowest BCUT2D eigenvalue weighted by Gasteiger charge is -2.20. The molecule has 18 heavy (non-hydrogen) atoms. The zero-order chi connectivity index (χ0) is 13.1. The minimum absolute atomic E-state index is 0.00809. The van der Waals surface area contributed by atoms with E-state index in [1.807, 2.05) is 24.3 Å². The van der Waals surface area contributed by atoms with Crippen molar-refractivity contribution in [2.45, 2.75) is 26.8 Å². The molecular formula is C14H21N3O. The average molecular weight is 247 g/mol. The summed E-state index contributed by atoms with van der Waals surface area (Å²) in [5.74, 6) is 0.592. The number of hydrogen-bond acceptors (Lipinski definition) is 2. The summed E-state index contributed by atoms with van der Waals surface area (Å²) in [7, 11) is 0. The van der Waals surface area contributed by atoms with Gasteiger partial charge in [-0.15, -0.1) is 0 Å². The van der Waals surface area contributed by atoms with Gasteiger partial charge in [0.1, 0.15) is 0 Å². The van der Waals surface area contributed by atoms with Crippen molar-refractivity contribution in [3.05, 3.63) is 24.3 Å². The van der Waals surface area contributed by atoms with Crippen LogP contribution in [0, 0.1) is 5.92 Å². The van der Waals surface area contributed by atoms with Crippen LogP contribution in [0.15, 0.2) is 24.3 Å². The van der Waals surface area contributed by atoms with Gasteiger partial charge in [-0.25, -0.2) is 4.79 Å². The van der Waals surface area contributed by atoms with Crippen LogP contribution in [0.3, 0.4) is 0 Å². The highest BCUT2D eigenvalue weighted by Crippen LogP contribution is 2.20. The lowest BCUT2D eigenvalue weighted by atomic mass is 10.1. The van der Waals surface area contributed by atoms with Gasteiger partial charge in [-0.2, -0.15) is 0 Å². The molecule has 1 saturated heterocycles. The normalized spacial score (nSPS) is 16.9. The molecule has 1 aromatic rings. The first-order chi connectivity index (χ1) is 8.58. The van der Waals surface area contributed by atoms with Crippen LogP contribution in [0.2, 0.25) is 0 Å². The Bertz CT molecular complexity index is 414. The maximum atomic E-state index is 11.5. The smallest absolute Gasteiger partial charge is 0.321 e. The first-order valence-electron chi connectivity index (χ1n) is 6.50. The van der Waals surface area contributed by atoms with Gasteiger partial charge < -0.3 is 10.6 Å². The van der Waals surface area contributed by atoms with Gasteiger partial charge in [-0.1, -0.05) is 13.8 Å². The van der Waals surface area contributed by atoms with Crippen molar-refractivity contribution in [1.29, 1.82) is 0 Å². The summed E-state index contributed by atoms with van der Waals surface area (Å²) in [6, 6.07) is 8.46. The Kier molecular flexibility index (Phi) is 3.75. The van der Waals surface area contributed by atoms with Crippen LogP contribution in [0.1, 0.15) is 20.8 Å². The SMILES string of the molecule is CC(C)C(C)Nc1ccc(N2CCNC2=O)cc1. The van der Waals surface area contributed by atoms with Gasteiger partial charge >= 0.3 is 6.03 Å². The van der Waals surface area contributed by atoms with E-state index in [0.717, 1.165) is 24.5 Å². The number of nitrogens with zero attached hydrogens (tertiary/aromatic N) is 1. The van der Waals surface area contributed by atoms with E-state index in [1.165, 1.54) is 0 Å². The van der Waals surface area contributed by atoms with Crippen molar-refractivity contribution in [2.75, 3.05) is 23.3 Å². The number of benzene rings is 1. The van der Waals surface area contributed by atoms with Crippen LogP contribution in [0.4, 0.5) is 16.2 Å². The minimum Gasteiger partial charge on any atom is -0.382 e. The van der Waals surface area contributed by atoms with Gasteiger partial charge in [-0.3, -0.25) is 4.90 Å². The Balaban J connectivity index is 2.03. The highest BCUT2D eigenvalue weighted by Gasteiger charge is 2.20. The predicted molar refractivity (Wildman–Crippen MR) is 75.1 cm³/mol. The topological polar surface area (TPSA) is 44.4 Å². The Hall–Kier alpha value is -1.71. The molecule has 98 valence electrons. The number of nitrogens with one attached hydrogen (secondary N) is 2. The third-order valence-electron chi connectivity index (χ3n) is 3.43. The van der Waals surface area contributed by atoms with Crippen molar-refractivity contribution in [3.8, 4) is 0 Å². The van der Waals surface area contributed by atoms with E-state index >= 15 is 0 Å². The van der Waals surface area contributed by atoms with E-state index in [-0.39, 0.29) is 6.03 Å². The Morgan fingerprint density at radius 1 is 1.22 bits per heavy atom. The van der Waals surface area contributed by atoms with Crippen LogP contribution < -0.4 is 15.5 Å². The largest absolute Gasteiger partial charge is 0.382 e. The highest BCUT2D eigenvalue weighted by atomic mass is 16.2. The van der Waals surface area contributed by atoms with Crippen LogP contribution in [0.5, 0.6) is 0 Å². The van der Waals surface area contributed by atoms with Crippen molar-refractivity contribution in [1.82, 2.24) is 5.32 Å². The second-order valence-corrected chi connectivity index (χ2v) is 5.11. The summed E-state index contributed by atoms with van der Waals surface area (Å²) in [6.07, 6.45) is 0. The van der Waals surface area contributed by atoms with E-state index < -0.39 is 0 Å². The molecule has 1 fully saturated rings. The second-order valence-electron chi connectivity index (χ2n) is 5.11. The summed E-state index contributed by atoms with van der Waals surface area (Å²) in [4.78, 5) is 13.3. The molecule has 0 saturated carbocycles. The monoisotopic (exact) mass is 247 g/mol.